The summed E-state index contributed by atoms with van der Waals surface area (Å²) < 4.78 is 5.73. The van der Waals surface area contributed by atoms with E-state index in [9.17, 15) is 5.11 Å². The number of aliphatic hydroxyl groups is 1. The Morgan fingerprint density at radius 2 is 2.22 bits per heavy atom. The van der Waals surface area contributed by atoms with E-state index in [1.54, 1.807) is 13.0 Å². The third kappa shape index (κ3) is 3.15. The van der Waals surface area contributed by atoms with Crippen LogP contribution in [-0.2, 0) is 5.60 Å². The predicted octanol–water partition coefficient (Wildman–Crippen LogP) is 2.99. The zero-order valence-electron chi connectivity index (χ0n) is 10.4. The summed E-state index contributed by atoms with van der Waals surface area (Å²) in [6.07, 6.45) is 2.44. The van der Waals surface area contributed by atoms with Crippen molar-refractivity contribution in [1.82, 2.24) is 0 Å². The summed E-state index contributed by atoms with van der Waals surface area (Å²) in [6.45, 7) is 2.31. The van der Waals surface area contributed by atoms with E-state index in [0.29, 0.717) is 23.8 Å². The van der Waals surface area contributed by atoms with E-state index >= 15 is 0 Å². The number of nitrogens with zero attached hydrogens (tertiary/aromatic N) is 3. The van der Waals surface area contributed by atoms with Gasteiger partial charge in [0.05, 0.1) is 18.8 Å². The number of ether oxygens (including phenoxy) is 1. The third-order valence-corrected chi connectivity index (χ3v) is 3.08. The first-order valence-corrected chi connectivity index (χ1v) is 6.09. The van der Waals surface area contributed by atoms with Crippen LogP contribution in [-0.4, -0.2) is 18.3 Å². The van der Waals surface area contributed by atoms with Gasteiger partial charge in [-0.2, -0.15) is 0 Å². The van der Waals surface area contributed by atoms with Gasteiger partial charge in [0.1, 0.15) is 5.75 Å². The second-order valence-corrected chi connectivity index (χ2v) is 4.91. The van der Waals surface area contributed by atoms with E-state index in [-0.39, 0.29) is 6.54 Å². The summed E-state index contributed by atoms with van der Waals surface area (Å²) in [6, 6.07) is 7.34. The lowest BCUT2D eigenvalue weighted by Crippen LogP contribution is -2.25. The molecular formula is C13H17N3O2. The van der Waals surface area contributed by atoms with Crippen molar-refractivity contribution in [2.45, 2.75) is 25.4 Å². The van der Waals surface area contributed by atoms with Gasteiger partial charge in [-0.15, -0.1) is 0 Å². The van der Waals surface area contributed by atoms with Crippen LogP contribution in [0.3, 0.4) is 0 Å². The van der Waals surface area contributed by atoms with Gasteiger partial charge in [-0.25, -0.2) is 0 Å². The van der Waals surface area contributed by atoms with Crippen molar-refractivity contribution in [2.75, 3.05) is 13.2 Å². The highest BCUT2D eigenvalue weighted by Gasteiger charge is 2.27. The molecule has 18 heavy (non-hydrogen) atoms. The van der Waals surface area contributed by atoms with Crippen molar-refractivity contribution in [3.63, 3.8) is 0 Å². The summed E-state index contributed by atoms with van der Waals surface area (Å²) in [5.41, 5.74) is 7.81. The van der Waals surface area contributed by atoms with E-state index in [1.165, 1.54) is 12.8 Å². The van der Waals surface area contributed by atoms with E-state index in [0.717, 1.165) is 0 Å². The maximum atomic E-state index is 10.3. The molecule has 1 saturated carbocycles. The normalized spacial score (nSPS) is 17.7. The monoisotopic (exact) mass is 247 g/mol. The Morgan fingerprint density at radius 3 is 2.89 bits per heavy atom. The first-order chi connectivity index (χ1) is 8.63. The van der Waals surface area contributed by atoms with Crippen molar-refractivity contribution < 1.29 is 9.84 Å². The van der Waals surface area contributed by atoms with Crippen LogP contribution >= 0.6 is 0 Å². The van der Waals surface area contributed by atoms with Crippen LogP contribution < -0.4 is 4.74 Å². The second kappa shape index (κ2) is 5.29. The first kappa shape index (κ1) is 12.7. The molecule has 0 amide bonds. The Hall–Kier alpha value is -1.71. The SMILES string of the molecule is C[C@@](O)(CN=[N+]=[N-])c1ccccc1OCC1CC1. The van der Waals surface area contributed by atoms with Crippen molar-refractivity contribution in [3.05, 3.63) is 40.3 Å². The largest absolute Gasteiger partial charge is 0.493 e. The Kier molecular flexibility index (Phi) is 3.75. The van der Waals surface area contributed by atoms with Crippen LogP contribution in [0, 0.1) is 5.92 Å². The number of hydrogen-bond acceptors (Lipinski definition) is 3. The molecule has 1 fully saturated rings. The summed E-state index contributed by atoms with van der Waals surface area (Å²) in [5, 5.41) is 13.8. The van der Waals surface area contributed by atoms with Crippen molar-refractivity contribution in [1.29, 1.82) is 0 Å². The van der Waals surface area contributed by atoms with Crippen LogP contribution in [0.15, 0.2) is 29.4 Å². The molecule has 96 valence electrons. The molecule has 0 saturated heterocycles. The van der Waals surface area contributed by atoms with Gasteiger partial charge in [-0.3, -0.25) is 0 Å². The van der Waals surface area contributed by atoms with Crippen LogP contribution in [0.4, 0.5) is 0 Å². The average Bonchev–Trinajstić information content (AvgIpc) is 3.18. The lowest BCUT2D eigenvalue weighted by Gasteiger charge is -2.24. The molecule has 1 atom stereocenters. The van der Waals surface area contributed by atoms with Gasteiger partial charge in [-0.05, 0) is 37.3 Å². The summed E-state index contributed by atoms with van der Waals surface area (Å²) in [4.78, 5) is 2.68. The molecule has 2 rings (SSSR count). The minimum Gasteiger partial charge on any atom is -0.493 e. The highest BCUT2D eigenvalue weighted by atomic mass is 16.5. The van der Waals surface area contributed by atoms with Gasteiger partial charge < -0.3 is 9.84 Å². The maximum absolute atomic E-state index is 10.3. The van der Waals surface area contributed by atoms with Gasteiger partial charge in [0.25, 0.3) is 0 Å². The number of rotatable bonds is 6. The van der Waals surface area contributed by atoms with E-state index in [4.69, 9.17) is 10.3 Å². The molecule has 5 nitrogen and oxygen atoms in total. The van der Waals surface area contributed by atoms with Crippen molar-refractivity contribution in [2.24, 2.45) is 11.0 Å². The Labute approximate surface area is 106 Å². The minimum atomic E-state index is -1.20. The first-order valence-electron chi connectivity index (χ1n) is 6.09. The molecule has 1 aliphatic rings. The lowest BCUT2D eigenvalue weighted by atomic mass is 9.95. The van der Waals surface area contributed by atoms with Gasteiger partial charge >= 0.3 is 0 Å². The Bertz CT molecular complexity index is 463. The zero-order chi connectivity index (χ0) is 13.0. The van der Waals surface area contributed by atoms with Gasteiger partial charge in [0, 0.05) is 10.5 Å². The highest BCUT2D eigenvalue weighted by Crippen LogP contribution is 2.33. The molecule has 0 spiro atoms. The van der Waals surface area contributed by atoms with Crippen molar-refractivity contribution >= 4 is 0 Å². The van der Waals surface area contributed by atoms with Crippen LogP contribution in [0.2, 0.25) is 0 Å². The maximum Gasteiger partial charge on any atom is 0.125 e. The molecule has 1 aromatic carbocycles. The minimum absolute atomic E-state index is 0.00664. The van der Waals surface area contributed by atoms with Gasteiger partial charge in [0.15, 0.2) is 0 Å². The van der Waals surface area contributed by atoms with Crippen LogP contribution in [0.1, 0.15) is 25.3 Å². The summed E-state index contributed by atoms with van der Waals surface area (Å²) in [7, 11) is 0. The molecule has 0 heterocycles. The number of azide groups is 1. The summed E-state index contributed by atoms with van der Waals surface area (Å²) >= 11 is 0. The zero-order valence-corrected chi connectivity index (χ0v) is 10.4. The third-order valence-electron chi connectivity index (χ3n) is 3.08. The highest BCUT2D eigenvalue weighted by molar-refractivity contribution is 5.38. The molecule has 1 N–H and O–H groups in total. The van der Waals surface area contributed by atoms with Crippen molar-refractivity contribution in [3.8, 4) is 5.75 Å². The fraction of sp³-hybridized carbons (Fsp3) is 0.538. The predicted molar refractivity (Wildman–Crippen MR) is 68.2 cm³/mol. The number of benzene rings is 1. The van der Waals surface area contributed by atoms with Gasteiger partial charge in [-0.1, -0.05) is 23.3 Å². The second-order valence-electron chi connectivity index (χ2n) is 4.91. The molecule has 0 aromatic heterocycles. The lowest BCUT2D eigenvalue weighted by molar-refractivity contribution is 0.0631. The molecular weight excluding hydrogens is 230 g/mol. The van der Waals surface area contributed by atoms with Crippen LogP contribution in [0.25, 0.3) is 10.4 Å². The number of para-hydroxylation sites is 1. The average molecular weight is 247 g/mol. The topological polar surface area (TPSA) is 78.2 Å². The number of hydrogen-bond donors (Lipinski definition) is 1. The fourth-order valence-corrected chi connectivity index (χ4v) is 1.78. The molecule has 0 unspecified atom stereocenters. The van der Waals surface area contributed by atoms with E-state index < -0.39 is 5.60 Å². The quantitative estimate of drug-likeness (QED) is 0.476. The van der Waals surface area contributed by atoms with Crippen LogP contribution in [0.5, 0.6) is 5.75 Å². The molecule has 0 aliphatic heterocycles. The summed E-state index contributed by atoms with van der Waals surface area (Å²) in [5.74, 6) is 1.32. The van der Waals surface area contributed by atoms with E-state index in [1.807, 2.05) is 18.2 Å². The molecule has 0 bridgehead atoms. The fourth-order valence-electron chi connectivity index (χ4n) is 1.78. The Morgan fingerprint density at radius 1 is 1.50 bits per heavy atom. The molecule has 0 radical (unpaired) electrons. The smallest absolute Gasteiger partial charge is 0.125 e. The standard InChI is InChI=1S/C13H17N3O2/c1-13(17,9-15-16-14)11-4-2-3-5-12(11)18-8-10-6-7-10/h2-5,10,17H,6-9H2,1H3/t13-/m1/s1. The molecule has 1 aliphatic carbocycles. The Balaban J connectivity index is 2.16. The van der Waals surface area contributed by atoms with E-state index in [2.05, 4.69) is 10.0 Å². The van der Waals surface area contributed by atoms with Gasteiger partial charge in [0.2, 0.25) is 0 Å². The molecule has 5 heteroatoms. The molecule has 1 aromatic rings.